The molecular formula is C14H21NO3. The van der Waals surface area contributed by atoms with Crippen LogP contribution >= 0.6 is 0 Å². The zero-order chi connectivity index (χ0) is 13.7. The number of anilines is 1. The second-order valence-corrected chi connectivity index (χ2v) is 4.27. The van der Waals surface area contributed by atoms with Crippen molar-refractivity contribution in [1.82, 2.24) is 0 Å². The predicted molar refractivity (Wildman–Crippen MR) is 72.4 cm³/mol. The van der Waals surface area contributed by atoms with E-state index in [-0.39, 0.29) is 12.5 Å². The van der Waals surface area contributed by atoms with Gasteiger partial charge in [0.1, 0.15) is 12.3 Å². The highest BCUT2D eigenvalue weighted by Gasteiger charge is 2.12. The number of nitrogens with zero attached hydrogens (tertiary/aromatic N) is 1. The number of hydrogen-bond donors (Lipinski definition) is 0. The molecule has 1 aromatic carbocycles. The van der Waals surface area contributed by atoms with Crippen LogP contribution in [0.4, 0.5) is 5.69 Å². The van der Waals surface area contributed by atoms with Crippen LogP contribution in [0.5, 0.6) is 5.75 Å². The number of rotatable bonds is 5. The minimum Gasteiger partial charge on any atom is -0.496 e. The van der Waals surface area contributed by atoms with Crippen molar-refractivity contribution < 1.29 is 14.3 Å². The highest BCUT2D eigenvalue weighted by atomic mass is 16.5. The molecule has 0 spiro atoms. The maximum Gasteiger partial charge on any atom is 0.325 e. The zero-order valence-electron chi connectivity index (χ0n) is 11.7. The Balaban J connectivity index is 2.89. The molecular weight excluding hydrogens is 230 g/mol. The summed E-state index contributed by atoms with van der Waals surface area (Å²) in [5.74, 6) is 0.647. The van der Waals surface area contributed by atoms with Crippen molar-refractivity contribution in [3.05, 3.63) is 23.3 Å². The van der Waals surface area contributed by atoms with E-state index >= 15 is 0 Å². The van der Waals surface area contributed by atoms with Gasteiger partial charge in [-0.05, 0) is 44.0 Å². The Bertz CT molecular complexity index is 429. The first-order valence-electron chi connectivity index (χ1n) is 6.01. The van der Waals surface area contributed by atoms with E-state index in [1.807, 2.05) is 37.9 Å². The molecule has 18 heavy (non-hydrogen) atoms. The summed E-state index contributed by atoms with van der Waals surface area (Å²) in [5, 5.41) is 0. The standard InChI is InChI=1S/C14H21NO3/c1-6-18-14(16)9-15(4)12-7-11(3)13(17-5)8-10(12)2/h7-8H,6,9H2,1-5H3. The lowest BCUT2D eigenvalue weighted by molar-refractivity contribution is -0.141. The second-order valence-electron chi connectivity index (χ2n) is 4.27. The monoisotopic (exact) mass is 251 g/mol. The summed E-state index contributed by atoms with van der Waals surface area (Å²) in [6.45, 7) is 6.45. The molecule has 1 rings (SSSR count). The molecule has 0 bridgehead atoms. The fourth-order valence-corrected chi connectivity index (χ4v) is 1.89. The molecule has 0 fully saturated rings. The van der Waals surface area contributed by atoms with E-state index in [1.165, 1.54) is 0 Å². The largest absolute Gasteiger partial charge is 0.496 e. The fraction of sp³-hybridized carbons (Fsp3) is 0.500. The number of benzene rings is 1. The average Bonchev–Trinajstić information content (AvgIpc) is 2.31. The first-order valence-corrected chi connectivity index (χ1v) is 6.01. The number of aryl methyl sites for hydroxylation is 2. The van der Waals surface area contributed by atoms with Crippen LogP contribution in [0.25, 0.3) is 0 Å². The third-order valence-electron chi connectivity index (χ3n) is 2.80. The molecule has 0 unspecified atom stereocenters. The van der Waals surface area contributed by atoms with E-state index < -0.39 is 0 Å². The molecule has 4 nitrogen and oxygen atoms in total. The first-order chi connectivity index (χ1) is 8.49. The number of hydrogen-bond acceptors (Lipinski definition) is 4. The van der Waals surface area contributed by atoms with Crippen LogP contribution in [0, 0.1) is 13.8 Å². The van der Waals surface area contributed by atoms with E-state index in [4.69, 9.17) is 9.47 Å². The normalized spacial score (nSPS) is 10.1. The molecule has 0 saturated heterocycles. The maximum atomic E-state index is 11.5. The van der Waals surface area contributed by atoms with Gasteiger partial charge in [-0.25, -0.2) is 0 Å². The molecule has 0 N–H and O–H groups in total. The second kappa shape index (κ2) is 6.28. The van der Waals surface area contributed by atoms with Crippen LogP contribution < -0.4 is 9.64 Å². The minimum atomic E-state index is -0.215. The summed E-state index contributed by atoms with van der Waals surface area (Å²) in [6.07, 6.45) is 0. The molecule has 0 amide bonds. The smallest absolute Gasteiger partial charge is 0.325 e. The van der Waals surface area contributed by atoms with E-state index in [0.29, 0.717) is 6.61 Å². The summed E-state index contributed by atoms with van der Waals surface area (Å²) in [4.78, 5) is 13.3. The summed E-state index contributed by atoms with van der Waals surface area (Å²) in [5.41, 5.74) is 3.14. The summed E-state index contributed by atoms with van der Waals surface area (Å²) < 4.78 is 10.2. The molecule has 0 atom stereocenters. The lowest BCUT2D eigenvalue weighted by Crippen LogP contribution is -2.27. The number of carbonyl (C=O) groups excluding carboxylic acids is 1. The molecule has 100 valence electrons. The fourth-order valence-electron chi connectivity index (χ4n) is 1.89. The Morgan fingerprint density at radius 3 is 2.50 bits per heavy atom. The van der Waals surface area contributed by atoms with Crippen molar-refractivity contribution in [2.24, 2.45) is 0 Å². The quantitative estimate of drug-likeness (QED) is 0.753. The van der Waals surface area contributed by atoms with Crippen LogP contribution in [-0.4, -0.2) is 33.3 Å². The lowest BCUT2D eigenvalue weighted by atomic mass is 10.1. The summed E-state index contributed by atoms with van der Waals surface area (Å²) in [6, 6.07) is 4.00. The SMILES string of the molecule is CCOC(=O)CN(C)c1cc(C)c(OC)cc1C. The van der Waals surface area contributed by atoms with Gasteiger partial charge in [-0.1, -0.05) is 0 Å². The molecule has 0 heterocycles. The number of ether oxygens (including phenoxy) is 2. The third-order valence-corrected chi connectivity index (χ3v) is 2.80. The molecule has 0 aliphatic rings. The van der Waals surface area contributed by atoms with Gasteiger partial charge in [-0.2, -0.15) is 0 Å². The van der Waals surface area contributed by atoms with Gasteiger partial charge < -0.3 is 14.4 Å². The van der Waals surface area contributed by atoms with Gasteiger partial charge in [0.05, 0.1) is 13.7 Å². The lowest BCUT2D eigenvalue weighted by Gasteiger charge is -2.21. The Kier molecular flexibility index (Phi) is 5.01. The molecule has 0 aromatic heterocycles. The van der Waals surface area contributed by atoms with Crippen LogP contribution in [0.3, 0.4) is 0 Å². The number of esters is 1. The topological polar surface area (TPSA) is 38.8 Å². The molecule has 0 aliphatic carbocycles. The van der Waals surface area contributed by atoms with E-state index in [0.717, 1.165) is 22.6 Å². The van der Waals surface area contributed by atoms with E-state index in [9.17, 15) is 4.79 Å². The molecule has 4 heteroatoms. The van der Waals surface area contributed by atoms with Crippen molar-refractivity contribution in [2.45, 2.75) is 20.8 Å². The van der Waals surface area contributed by atoms with Crippen LogP contribution in [0.2, 0.25) is 0 Å². The van der Waals surface area contributed by atoms with Crippen molar-refractivity contribution in [1.29, 1.82) is 0 Å². The Morgan fingerprint density at radius 1 is 1.28 bits per heavy atom. The zero-order valence-corrected chi connectivity index (χ0v) is 11.7. The molecule has 0 aliphatic heterocycles. The highest BCUT2D eigenvalue weighted by molar-refractivity contribution is 5.76. The van der Waals surface area contributed by atoms with Crippen LogP contribution in [-0.2, 0) is 9.53 Å². The maximum absolute atomic E-state index is 11.5. The Hall–Kier alpha value is -1.71. The van der Waals surface area contributed by atoms with Crippen molar-refractivity contribution in [2.75, 3.05) is 32.2 Å². The van der Waals surface area contributed by atoms with Gasteiger partial charge in [0.2, 0.25) is 0 Å². The van der Waals surface area contributed by atoms with Gasteiger partial charge in [0.25, 0.3) is 0 Å². The highest BCUT2D eigenvalue weighted by Crippen LogP contribution is 2.27. The van der Waals surface area contributed by atoms with E-state index in [1.54, 1.807) is 14.0 Å². The van der Waals surface area contributed by atoms with Gasteiger partial charge >= 0.3 is 5.97 Å². The van der Waals surface area contributed by atoms with Crippen LogP contribution in [0.15, 0.2) is 12.1 Å². The Labute approximate surface area is 108 Å². The minimum absolute atomic E-state index is 0.215. The van der Waals surface area contributed by atoms with E-state index in [2.05, 4.69) is 0 Å². The van der Waals surface area contributed by atoms with Gasteiger partial charge in [-0.3, -0.25) is 4.79 Å². The first kappa shape index (κ1) is 14.4. The van der Waals surface area contributed by atoms with Crippen molar-refractivity contribution in [3.8, 4) is 5.75 Å². The summed E-state index contributed by atoms with van der Waals surface area (Å²) >= 11 is 0. The van der Waals surface area contributed by atoms with Crippen LogP contribution in [0.1, 0.15) is 18.1 Å². The number of carbonyl (C=O) groups is 1. The number of likely N-dealkylation sites (N-methyl/N-ethyl adjacent to an activating group) is 1. The van der Waals surface area contributed by atoms with Crippen molar-refractivity contribution >= 4 is 11.7 Å². The predicted octanol–water partition coefficient (Wildman–Crippen LogP) is 2.31. The van der Waals surface area contributed by atoms with Gasteiger partial charge in [0.15, 0.2) is 0 Å². The third kappa shape index (κ3) is 3.39. The van der Waals surface area contributed by atoms with Crippen molar-refractivity contribution in [3.63, 3.8) is 0 Å². The number of methoxy groups -OCH3 is 1. The molecule has 0 saturated carbocycles. The average molecular weight is 251 g/mol. The van der Waals surface area contributed by atoms with Gasteiger partial charge in [0, 0.05) is 12.7 Å². The molecule has 1 aromatic rings. The summed E-state index contributed by atoms with van der Waals surface area (Å²) in [7, 11) is 3.54. The molecule has 0 radical (unpaired) electrons. The Morgan fingerprint density at radius 2 is 1.94 bits per heavy atom. The van der Waals surface area contributed by atoms with Gasteiger partial charge in [-0.15, -0.1) is 0 Å².